The van der Waals surface area contributed by atoms with E-state index in [0.717, 1.165) is 22.4 Å². The van der Waals surface area contributed by atoms with Crippen molar-refractivity contribution in [3.05, 3.63) is 53.8 Å². The van der Waals surface area contributed by atoms with Crippen LogP contribution in [0.2, 0.25) is 0 Å². The summed E-state index contributed by atoms with van der Waals surface area (Å²) in [4.78, 5) is 5.37. The molecule has 0 spiro atoms. The van der Waals surface area contributed by atoms with Crippen LogP contribution in [0.5, 0.6) is 0 Å². The van der Waals surface area contributed by atoms with Crippen LogP contribution in [0.25, 0.3) is 11.1 Å². The van der Waals surface area contributed by atoms with Gasteiger partial charge in [-0.25, -0.2) is 12.8 Å². The van der Waals surface area contributed by atoms with Crippen molar-refractivity contribution in [3.8, 4) is 11.1 Å². The zero-order valence-corrected chi connectivity index (χ0v) is 13.6. The van der Waals surface area contributed by atoms with Gasteiger partial charge in [-0.2, -0.15) is 0 Å². The van der Waals surface area contributed by atoms with E-state index in [-0.39, 0.29) is 16.6 Å². The molecule has 23 heavy (non-hydrogen) atoms. The third-order valence-corrected chi connectivity index (χ3v) is 5.05. The molecule has 0 saturated carbocycles. The maximum atomic E-state index is 13.2. The molecule has 0 radical (unpaired) electrons. The highest BCUT2D eigenvalue weighted by Crippen LogP contribution is 2.34. The van der Waals surface area contributed by atoms with E-state index >= 15 is 0 Å². The molecule has 3 rings (SSSR count). The Balaban J connectivity index is 2.19. The highest BCUT2D eigenvalue weighted by molar-refractivity contribution is 7.90. The molecule has 4 nitrogen and oxygen atoms in total. The number of rotatable bonds is 3. The third-order valence-electron chi connectivity index (χ3n) is 3.94. The van der Waals surface area contributed by atoms with Crippen molar-refractivity contribution >= 4 is 15.5 Å². The van der Waals surface area contributed by atoms with Gasteiger partial charge in [-0.3, -0.25) is 0 Å². The van der Waals surface area contributed by atoms with Gasteiger partial charge in [-0.15, -0.1) is 0 Å². The van der Waals surface area contributed by atoms with Crippen LogP contribution in [0, 0.1) is 5.82 Å². The van der Waals surface area contributed by atoms with E-state index < -0.39 is 9.84 Å². The molecular weight excluding hydrogens is 317 g/mol. The van der Waals surface area contributed by atoms with E-state index in [1.54, 1.807) is 30.3 Å². The van der Waals surface area contributed by atoms with Gasteiger partial charge < -0.3 is 4.84 Å². The van der Waals surface area contributed by atoms with Crippen LogP contribution in [0.15, 0.2) is 52.5 Å². The molecule has 0 fully saturated rings. The number of hydrogen-bond donors (Lipinski definition) is 0. The molecule has 2 aromatic rings. The summed E-state index contributed by atoms with van der Waals surface area (Å²) in [5.41, 5.74) is 3.26. The predicted molar refractivity (Wildman–Crippen MR) is 86.7 cm³/mol. The van der Waals surface area contributed by atoms with Crippen molar-refractivity contribution in [2.75, 3.05) is 12.9 Å². The Hall–Kier alpha value is -2.21. The van der Waals surface area contributed by atoms with Crippen molar-refractivity contribution in [2.45, 2.75) is 17.7 Å². The first-order chi connectivity index (χ1) is 10.9. The molecule has 1 atom stereocenters. The molecule has 0 N–H and O–H groups in total. The lowest BCUT2D eigenvalue weighted by molar-refractivity contribution is 0.166. The molecule has 1 aliphatic rings. The van der Waals surface area contributed by atoms with Crippen LogP contribution in [0.1, 0.15) is 18.4 Å². The maximum Gasteiger partial charge on any atom is 0.175 e. The van der Waals surface area contributed by atoms with Gasteiger partial charge in [0.05, 0.1) is 16.5 Å². The smallest absolute Gasteiger partial charge is 0.175 e. The summed E-state index contributed by atoms with van der Waals surface area (Å²) in [5, 5.41) is 3.95. The van der Waals surface area contributed by atoms with Gasteiger partial charge in [0.25, 0.3) is 0 Å². The largest absolute Gasteiger partial charge is 0.395 e. The molecule has 0 amide bonds. The summed E-state index contributed by atoms with van der Waals surface area (Å²) in [6.07, 6.45) is 1.17. The summed E-state index contributed by atoms with van der Waals surface area (Å²) < 4.78 is 36.9. The maximum absolute atomic E-state index is 13.2. The highest BCUT2D eigenvalue weighted by Gasteiger charge is 2.25. The molecule has 120 valence electrons. The first-order valence-corrected chi connectivity index (χ1v) is 9.02. The molecule has 2 aromatic carbocycles. The summed E-state index contributed by atoms with van der Waals surface area (Å²) >= 11 is 0. The van der Waals surface area contributed by atoms with Crippen molar-refractivity contribution < 1.29 is 17.6 Å². The average molecular weight is 333 g/mol. The highest BCUT2D eigenvalue weighted by atomic mass is 32.2. The number of halogens is 1. The Morgan fingerprint density at radius 1 is 1.17 bits per heavy atom. The monoisotopic (exact) mass is 333 g/mol. The van der Waals surface area contributed by atoms with Gasteiger partial charge in [0, 0.05) is 6.26 Å². The summed E-state index contributed by atoms with van der Waals surface area (Å²) in [5.74, 6) is -0.375. The van der Waals surface area contributed by atoms with Crippen LogP contribution in [-0.4, -0.2) is 27.0 Å². The number of hydrogen-bond acceptors (Lipinski definition) is 4. The van der Waals surface area contributed by atoms with Gasteiger partial charge in [0.15, 0.2) is 9.84 Å². The lowest BCUT2D eigenvalue weighted by atomic mass is 9.89. The topological polar surface area (TPSA) is 55.7 Å². The minimum absolute atomic E-state index is 0.0383. The Bertz CT molecular complexity index is 873. The second kappa shape index (κ2) is 5.77. The first-order valence-electron chi connectivity index (χ1n) is 7.12. The van der Waals surface area contributed by atoms with E-state index in [1.165, 1.54) is 18.4 Å². The molecule has 1 heterocycles. The van der Waals surface area contributed by atoms with Crippen molar-refractivity contribution in [3.63, 3.8) is 0 Å². The number of nitrogens with zero attached hydrogens (tertiary/aromatic N) is 1. The molecule has 0 bridgehead atoms. The SMILES string of the molecule is CC1=NOCC1c1ccc(S(C)(=O)=O)cc1-c1ccc(F)cc1. The van der Waals surface area contributed by atoms with Crippen molar-refractivity contribution in [1.82, 2.24) is 0 Å². The van der Waals surface area contributed by atoms with Gasteiger partial charge in [0.2, 0.25) is 0 Å². The fourth-order valence-electron chi connectivity index (χ4n) is 2.66. The van der Waals surface area contributed by atoms with Gasteiger partial charge >= 0.3 is 0 Å². The number of benzene rings is 2. The fraction of sp³-hybridized carbons (Fsp3) is 0.235. The molecule has 0 aliphatic carbocycles. The number of oxime groups is 1. The van der Waals surface area contributed by atoms with Gasteiger partial charge in [0.1, 0.15) is 12.4 Å². The van der Waals surface area contributed by atoms with Crippen LogP contribution in [-0.2, 0) is 14.7 Å². The van der Waals surface area contributed by atoms with Crippen LogP contribution in [0.4, 0.5) is 4.39 Å². The quantitative estimate of drug-likeness (QED) is 0.865. The molecule has 6 heteroatoms. The van der Waals surface area contributed by atoms with E-state index in [4.69, 9.17) is 4.84 Å². The van der Waals surface area contributed by atoms with Crippen molar-refractivity contribution in [1.29, 1.82) is 0 Å². The Labute approximate surface area is 134 Å². The Morgan fingerprint density at radius 2 is 1.87 bits per heavy atom. The molecule has 1 aliphatic heterocycles. The third kappa shape index (κ3) is 3.12. The lowest BCUT2D eigenvalue weighted by Crippen LogP contribution is -2.10. The number of sulfone groups is 1. The van der Waals surface area contributed by atoms with Gasteiger partial charge in [-0.1, -0.05) is 23.4 Å². The molecule has 0 aromatic heterocycles. The summed E-state index contributed by atoms with van der Waals surface area (Å²) in [7, 11) is -3.33. The Morgan fingerprint density at radius 3 is 2.43 bits per heavy atom. The van der Waals surface area contributed by atoms with Crippen LogP contribution in [0.3, 0.4) is 0 Å². The minimum Gasteiger partial charge on any atom is -0.395 e. The zero-order chi connectivity index (χ0) is 16.6. The van der Waals surface area contributed by atoms with Crippen LogP contribution < -0.4 is 0 Å². The Kier molecular flexibility index (Phi) is 3.93. The zero-order valence-electron chi connectivity index (χ0n) is 12.8. The molecule has 0 saturated heterocycles. The van der Waals surface area contributed by atoms with E-state index in [0.29, 0.717) is 6.61 Å². The van der Waals surface area contributed by atoms with Crippen molar-refractivity contribution in [2.24, 2.45) is 5.16 Å². The molecule has 1 unspecified atom stereocenters. The first kappa shape index (κ1) is 15.7. The predicted octanol–water partition coefficient (Wildman–Crippen LogP) is 3.39. The average Bonchev–Trinajstić information content (AvgIpc) is 2.92. The summed E-state index contributed by atoms with van der Waals surface area (Å²) in [6.45, 7) is 2.29. The molecular formula is C17H16FNO3S. The van der Waals surface area contributed by atoms with E-state index in [9.17, 15) is 12.8 Å². The van der Waals surface area contributed by atoms with E-state index in [2.05, 4.69) is 5.16 Å². The summed E-state index contributed by atoms with van der Waals surface area (Å²) in [6, 6.07) is 11.0. The second-order valence-electron chi connectivity index (χ2n) is 5.61. The minimum atomic E-state index is -3.33. The normalized spacial score (nSPS) is 17.7. The standard InChI is InChI=1S/C17H16FNO3S/c1-11-17(10-22-19-11)15-8-7-14(23(2,20)21)9-16(15)12-3-5-13(18)6-4-12/h3-9,17H,10H2,1-2H3. The van der Waals surface area contributed by atoms with Gasteiger partial charge in [-0.05, 0) is 47.9 Å². The fourth-order valence-corrected chi connectivity index (χ4v) is 3.31. The lowest BCUT2D eigenvalue weighted by Gasteiger charge is -2.16. The van der Waals surface area contributed by atoms with E-state index in [1.807, 2.05) is 6.92 Å². The second-order valence-corrected chi connectivity index (χ2v) is 7.62. The van der Waals surface area contributed by atoms with Crippen LogP contribution >= 0.6 is 0 Å².